The van der Waals surface area contributed by atoms with Gasteiger partial charge in [-0.2, -0.15) is 0 Å². The molecule has 3 rings (SSSR count). The summed E-state index contributed by atoms with van der Waals surface area (Å²) in [5.41, 5.74) is 1.92. The Kier molecular flexibility index (Phi) is 4.15. The molecule has 1 aromatic heterocycles. The standard InChI is InChI=1S/C18H18N2O2S/c1-20(2)13-15-8-6-7-14-11-17(12-19-18(14)15)23(21,22)16-9-4-3-5-10-16/h3-12H,13H2,1-2H3. The summed E-state index contributed by atoms with van der Waals surface area (Å²) in [7, 11) is 0.447. The van der Waals surface area contributed by atoms with Crippen LogP contribution in [0.4, 0.5) is 0 Å². The van der Waals surface area contributed by atoms with Crippen molar-refractivity contribution in [3.8, 4) is 0 Å². The second kappa shape index (κ2) is 6.10. The second-order valence-electron chi connectivity index (χ2n) is 5.71. The Morgan fingerprint density at radius 1 is 0.957 bits per heavy atom. The minimum Gasteiger partial charge on any atom is -0.305 e. The Morgan fingerprint density at radius 2 is 1.70 bits per heavy atom. The van der Waals surface area contributed by atoms with Crippen LogP contribution in [0.15, 0.2) is 70.6 Å². The fraction of sp³-hybridized carbons (Fsp3) is 0.167. The first-order valence-corrected chi connectivity index (χ1v) is 8.79. The van der Waals surface area contributed by atoms with Gasteiger partial charge in [-0.05, 0) is 37.9 Å². The summed E-state index contributed by atoms with van der Waals surface area (Å²) in [4.78, 5) is 6.98. The van der Waals surface area contributed by atoms with E-state index < -0.39 is 9.84 Å². The third kappa shape index (κ3) is 3.11. The van der Waals surface area contributed by atoms with Crippen molar-refractivity contribution in [3.63, 3.8) is 0 Å². The molecule has 0 atom stereocenters. The average Bonchev–Trinajstić information content (AvgIpc) is 2.55. The van der Waals surface area contributed by atoms with Crippen LogP contribution in [0, 0.1) is 0 Å². The molecular weight excluding hydrogens is 308 g/mol. The molecule has 0 spiro atoms. The maximum absolute atomic E-state index is 12.7. The van der Waals surface area contributed by atoms with Gasteiger partial charge < -0.3 is 4.90 Å². The molecule has 0 unspecified atom stereocenters. The molecule has 4 nitrogen and oxygen atoms in total. The lowest BCUT2D eigenvalue weighted by Crippen LogP contribution is -2.11. The molecule has 23 heavy (non-hydrogen) atoms. The summed E-state index contributed by atoms with van der Waals surface area (Å²) < 4.78 is 25.4. The predicted molar refractivity (Wildman–Crippen MR) is 91.0 cm³/mol. The molecule has 0 saturated carbocycles. The number of rotatable bonds is 4. The van der Waals surface area contributed by atoms with Crippen LogP contribution < -0.4 is 0 Å². The Hall–Kier alpha value is -2.24. The minimum atomic E-state index is -3.54. The summed E-state index contributed by atoms with van der Waals surface area (Å²) in [6, 6.07) is 16.0. The molecular formula is C18H18N2O2S. The molecule has 0 aliphatic rings. The highest BCUT2D eigenvalue weighted by molar-refractivity contribution is 7.91. The van der Waals surface area contributed by atoms with E-state index in [0.717, 1.165) is 23.0 Å². The van der Waals surface area contributed by atoms with Crippen LogP contribution in [0.1, 0.15) is 5.56 Å². The van der Waals surface area contributed by atoms with Crippen molar-refractivity contribution in [1.29, 1.82) is 0 Å². The number of sulfone groups is 1. The van der Waals surface area contributed by atoms with Gasteiger partial charge in [-0.15, -0.1) is 0 Å². The molecule has 3 aromatic rings. The Balaban J connectivity index is 2.11. The van der Waals surface area contributed by atoms with E-state index >= 15 is 0 Å². The van der Waals surface area contributed by atoms with Crippen LogP contribution in [0.5, 0.6) is 0 Å². The molecule has 0 fully saturated rings. The van der Waals surface area contributed by atoms with Crippen LogP contribution >= 0.6 is 0 Å². The van der Waals surface area contributed by atoms with Crippen molar-refractivity contribution in [3.05, 3.63) is 66.4 Å². The quantitative estimate of drug-likeness (QED) is 0.739. The van der Waals surface area contributed by atoms with Crippen LogP contribution in [0.25, 0.3) is 10.9 Å². The first-order chi connectivity index (χ1) is 11.0. The van der Waals surface area contributed by atoms with Crippen molar-refractivity contribution in [2.24, 2.45) is 0 Å². The highest BCUT2D eigenvalue weighted by Gasteiger charge is 2.18. The lowest BCUT2D eigenvalue weighted by Gasteiger charge is -2.12. The molecule has 118 valence electrons. The van der Waals surface area contributed by atoms with Crippen LogP contribution in [-0.2, 0) is 16.4 Å². The van der Waals surface area contributed by atoms with Crippen molar-refractivity contribution < 1.29 is 8.42 Å². The van der Waals surface area contributed by atoms with E-state index in [0.29, 0.717) is 0 Å². The van der Waals surface area contributed by atoms with Gasteiger partial charge in [0.05, 0.1) is 15.3 Å². The van der Waals surface area contributed by atoms with E-state index in [-0.39, 0.29) is 9.79 Å². The summed E-state index contributed by atoms with van der Waals surface area (Å²) in [6.45, 7) is 0.759. The molecule has 1 heterocycles. The highest BCUT2D eigenvalue weighted by atomic mass is 32.2. The Labute approximate surface area is 136 Å². The number of fused-ring (bicyclic) bond motifs is 1. The Bertz CT molecular complexity index is 936. The maximum atomic E-state index is 12.7. The highest BCUT2D eigenvalue weighted by Crippen LogP contribution is 2.25. The monoisotopic (exact) mass is 326 g/mol. The Morgan fingerprint density at radius 3 is 2.39 bits per heavy atom. The number of benzene rings is 2. The van der Waals surface area contributed by atoms with Crippen LogP contribution in [-0.4, -0.2) is 32.4 Å². The third-order valence-electron chi connectivity index (χ3n) is 3.62. The molecule has 0 saturated heterocycles. The van der Waals surface area contributed by atoms with E-state index in [9.17, 15) is 8.42 Å². The zero-order chi connectivity index (χ0) is 16.4. The summed E-state index contributed by atoms with van der Waals surface area (Å²) >= 11 is 0. The molecule has 5 heteroatoms. The molecule has 0 N–H and O–H groups in total. The number of para-hydroxylation sites is 1. The summed E-state index contributed by atoms with van der Waals surface area (Å²) in [6.07, 6.45) is 1.45. The topological polar surface area (TPSA) is 50.3 Å². The van der Waals surface area contributed by atoms with Gasteiger partial charge in [0.2, 0.25) is 9.84 Å². The minimum absolute atomic E-state index is 0.221. The van der Waals surface area contributed by atoms with Gasteiger partial charge in [-0.3, -0.25) is 4.98 Å². The van der Waals surface area contributed by atoms with E-state index in [1.807, 2.05) is 32.3 Å². The van der Waals surface area contributed by atoms with Gasteiger partial charge in [-0.1, -0.05) is 36.4 Å². The van der Waals surface area contributed by atoms with Crippen molar-refractivity contribution in [2.45, 2.75) is 16.3 Å². The number of aromatic nitrogens is 1. The smallest absolute Gasteiger partial charge is 0.208 e. The van der Waals surface area contributed by atoms with Gasteiger partial charge in [0.1, 0.15) is 0 Å². The molecule has 0 amide bonds. The normalized spacial score (nSPS) is 12.0. The lowest BCUT2D eigenvalue weighted by atomic mass is 10.1. The van der Waals surface area contributed by atoms with Crippen molar-refractivity contribution in [1.82, 2.24) is 9.88 Å². The molecule has 0 bridgehead atoms. The molecule has 0 aliphatic carbocycles. The second-order valence-corrected chi connectivity index (χ2v) is 7.66. The lowest BCUT2D eigenvalue weighted by molar-refractivity contribution is 0.404. The first kappa shape index (κ1) is 15.6. The fourth-order valence-corrected chi connectivity index (χ4v) is 3.82. The van der Waals surface area contributed by atoms with E-state index in [4.69, 9.17) is 0 Å². The van der Waals surface area contributed by atoms with Gasteiger partial charge in [-0.25, -0.2) is 8.42 Å². The number of pyridine rings is 1. The molecule has 2 aromatic carbocycles. The van der Waals surface area contributed by atoms with Gasteiger partial charge >= 0.3 is 0 Å². The molecule has 0 aliphatic heterocycles. The number of hydrogen-bond donors (Lipinski definition) is 0. The van der Waals surface area contributed by atoms with Crippen LogP contribution in [0.2, 0.25) is 0 Å². The summed E-state index contributed by atoms with van der Waals surface area (Å²) in [5.74, 6) is 0. The van der Waals surface area contributed by atoms with Crippen LogP contribution in [0.3, 0.4) is 0 Å². The maximum Gasteiger partial charge on any atom is 0.208 e. The predicted octanol–water partition coefficient (Wildman–Crippen LogP) is 3.13. The molecule has 0 radical (unpaired) electrons. The van der Waals surface area contributed by atoms with Gasteiger partial charge in [0.15, 0.2) is 0 Å². The van der Waals surface area contributed by atoms with E-state index in [1.165, 1.54) is 6.20 Å². The van der Waals surface area contributed by atoms with E-state index in [2.05, 4.69) is 9.88 Å². The SMILES string of the molecule is CN(C)Cc1cccc2cc(S(=O)(=O)c3ccccc3)cnc12. The van der Waals surface area contributed by atoms with Gasteiger partial charge in [0, 0.05) is 18.1 Å². The zero-order valence-corrected chi connectivity index (χ0v) is 13.9. The number of hydrogen-bond acceptors (Lipinski definition) is 4. The largest absolute Gasteiger partial charge is 0.305 e. The zero-order valence-electron chi connectivity index (χ0n) is 13.1. The number of nitrogens with zero attached hydrogens (tertiary/aromatic N) is 2. The summed E-state index contributed by atoms with van der Waals surface area (Å²) in [5, 5.41) is 0.835. The van der Waals surface area contributed by atoms with Crippen molar-refractivity contribution in [2.75, 3.05) is 14.1 Å². The third-order valence-corrected chi connectivity index (χ3v) is 5.36. The average molecular weight is 326 g/mol. The fourth-order valence-electron chi connectivity index (χ4n) is 2.55. The van der Waals surface area contributed by atoms with Crippen molar-refractivity contribution >= 4 is 20.7 Å². The van der Waals surface area contributed by atoms with Gasteiger partial charge in [0.25, 0.3) is 0 Å². The first-order valence-electron chi connectivity index (χ1n) is 7.31. The van der Waals surface area contributed by atoms with E-state index in [1.54, 1.807) is 36.4 Å².